The number of carbonyl (C=O) groups is 3. The summed E-state index contributed by atoms with van der Waals surface area (Å²) in [6.45, 7) is 6.50. The fraction of sp³-hybridized carbons (Fsp3) is 0.720. The Kier molecular flexibility index (Phi) is 65.2. The molecule has 6 nitrogen and oxygen atoms in total. The monoisotopic (exact) mass is 1120 g/mol. The van der Waals surface area contributed by atoms with Gasteiger partial charge in [-0.15, -0.1) is 0 Å². The van der Waals surface area contributed by atoms with Crippen molar-refractivity contribution in [1.29, 1.82) is 0 Å². The van der Waals surface area contributed by atoms with Gasteiger partial charge in [-0.25, -0.2) is 0 Å². The molecule has 6 heteroatoms. The second kappa shape index (κ2) is 68.6. The SMILES string of the molecule is CC/C=C\C/C=C\C/C=C\C/C=C\C/C=C\CCCCCCCCCCCC(=O)OCC(COC(=O)CCCCCCC/C=C\C/C=C\CCCCC)OC(=O)CCCCCCCCCCCCC/C=C\C/C=C\CCCCCCC. The second-order valence-corrected chi connectivity index (χ2v) is 22.7. The highest BCUT2D eigenvalue weighted by atomic mass is 16.6. The van der Waals surface area contributed by atoms with Crippen LogP contribution in [-0.4, -0.2) is 37.2 Å². The van der Waals surface area contributed by atoms with Gasteiger partial charge < -0.3 is 14.2 Å². The van der Waals surface area contributed by atoms with Gasteiger partial charge in [0, 0.05) is 19.3 Å². The van der Waals surface area contributed by atoms with E-state index in [9.17, 15) is 14.4 Å². The summed E-state index contributed by atoms with van der Waals surface area (Å²) in [7, 11) is 0. The normalized spacial score (nSPS) is 12.8. The molecule has 0 aromatic rings. The molecule has 0 radical (unpaired) electrons. The van der Waals surface area contributed by atoms with Crippen LogP contribution in [0.15, 0.2) is 109 Å². The highest BCUT2D eigenvalue weighted by molar-refractivity contribution is 5.71. The van der Waals surface area contributed by atoms with E-state index in [2.05, 4.69) is 130 Å². The van der Waals surface area contributed by atoms with E-state index in [-0.39, 0.29) is 31.1 Å². The molecule has 0 aromatic carbocycles. The summed E-state index contributed by atoms with van der Waals surface area (Å²) in [6.07, 6.45) is 93.8. The molecule has 0 aromatic heterocycles. The van der Waals surface area contributed by atoms with Crippen LogP contribution in [0.25, 0.3) is 0 Å². The van der Waals surface area contributed by atoms with Gasteiger partial charge in [-0.2, -0.15) is 0 Å². The summed E-state index contributed by atoms with van der Waals surface area (Å²) in [6, 6.07) is 0. The van der Waals surface area contributed by atoms with Gasteiger partial charge >= 0.3 is 17.9 Å². The third kappa shape index (κ3) is 66.8. The molecule has 0 saturated heterocycles. The molecule has 0 aliphatic carbocycles. The quantitative estimate of drug-likeness (QED) is 0.0261. The highest BCUT2D eigenvalue weighted by Crippen LogP contribution is 2.16. The Morgan fingerprint density at radius 1 is 0.259 bits per heavy atom. The number of hydrogen-bond donors (Lipinski definition) is 0. The van der Waals surface area contributed by atoms with Crippen LogP contribution >= 0.6 is 0 Å². The first kappa shape index (κ1) is 77.1. The fourth-order valence-corrected chi connectivity index (χ4v) is 9.59. The molecular formula is C75H128O6. The summed E-state index contributed by atoms with van der Waals surface area (Å²) in [5, 5.41) is 0. The lowest BCUT2D eigenvalue weighted by Crippen LogP contribution is -2.30. The Balaban J connectivity index is 4.37. The van der Waals surface area contributed by atoms with Gasteiger partial charge in [-0.05, 0) is 128 Å². The molecule has 0 aliphatic heterocycles. The Bertz CT molecular complexity index is 1620. The van der Waals surface area contributed by atoms with Crippen LogP contribution in [0.3, 0.4) is 0 Å². The molecule has 0 N–H and O–H groups in total. The highest BCUT2D eigenvalue weighted by Gasteiger charge is 2.19. The summed E-state index contributed by atoms with van der Waals surface area (Å²) in [4.78, 5) is 38.4. The van der Waals surface area contributed by atoms with Crippen LogP contribution in [0.4, 0.5) is 0 Å². The van der Waals surface area contributed by atoms with E-state index in [0.717, 1.165) is 128 Å². The van der Waals surface area contributed by atoms with Crippen molar-refractivity contribution < 1.29 is 28.6 Å². The number of ether oxygens (including phenoxy) is 3. The number of hydrogen-bond acceptors (Lipinski definition) is 6. The maximum atomic E-state index is 13.0. The van der Waals surface area contributed by atoms with Crippen molar-refractivity contribution in [2.45, 2.75) is 335 Å². The van der Waals surface area contributed by atoms with E-state index in [1.807, 2.05) is 0 Å². The third-order valence-electron chi connectivity index (χ3n) is 14.7. The van der Waals surface area contributed by atoms with E-state index < -0.39 is 6.10 Å². The molecule has 81 heavy (non-hydrogen) atoms. The Labute approximate surface area is 501 Å². The topological polar surface area (TPSA) is 78.9 Å². The van der Waals surface area contributed by atoms with Crippen LogP contribution in [-0.2, 0) is 28.6 Å². The number of unbranched alkanes of at least 4 members (excludes halogenated alkanes) is 33. The summed E-state index contributed by atoms with van der Waals surface area (Å²) in [5.41, 5.74) is 0. The predicted octanol–water partition coefficient (Wildman–Crippen LogP) is 23.8. The molecule has 0 bridgehead atoms. The van der Waals surface area contributed by atoms with Crippen LogP contribution in [0.1, 0.15) is 329 Å². The van der Waals surface area contributed by atoms with Crippen molar-refractivity contribution in [3.8, 4) is 0 Å². The van der Waals surface area contributed by atoms with Gasteiger partial charge in [-0.3, -0.25) is 14.4 Å². The maximum Gasteiger partial charge on any atom is 0.306 e. The summed E-state index contributed by atoms with van der Waals surface area (Å²) in [5.74, 6) is -0.896. The zero-order valence-electron chi connectivity index (χ0n) is 53.3. The third-order valence-corrected chi connectivity index (χ3v) is 14.7. The minimum Gasteiger partial charge on any atom is -0.462 e. The molecule has 0 heterocycles. The molecule has 0 rings (SSSR count). The Morgan fingerprint density at radius 3 is 0.778 bits per heavy atom. The predicted molar refractivity (Wildman–Crippen MR) is 353 cm³/mol. The molecule has 1 atom stereocenters. The number of carbonyl (C=O) groups excluding carboxylic acids is 3. The molecule has 464 valence electrons. The number of rotatable bonds is 62. The summed E-state index contributed by atoms with van der Waals surface area (Å²) < 4.78 is 17.0. The van der Waals surface area contributed by atoms with Crippen LogP contribution in [0, 0.1) is 0 Å². The lowest BCUT2D eigenvalue weighted by Gasteiger charge is -2.18. The van der Waals surface area contributed by atoms with Gasteiger partial charge in [0.1, 0.15) is 13.2 Å². The van der Waals surface area contributed by atoms with Gasteiger partial charge in [0.05, 0.1) is 0 Å². The zero-order valence-corrected chi connectivity index (χ0v) is 53.3. The van der Waals surface area contributed by atoms with Crippen molar-refractivity contribution in [2.24, 2.45) is 0 Å². The van der Waals surface area contributed by atoms with E-state index >= 15 is 0 Å². The summed E-state index contributed by atoms with van der Waals surface area (Å²) >= 11 is 0. The van der Waals surface area contributed by atoms with Crippen molar-refractivity contribution in [3.63, 3.8) is 0 Å². The molecular weight excluding hydrogens is 997 g/mol. The van der Waals surface area contributed by atoms with Crippen LogP contribution in [0.2, 0.25) is 0 Å². The smallest absolute Gasteiger partial charge is 0.306 e. The molecule has 0 fully saturated rings. The molecule has 0 spiro atoms. The van der Waals surface area contributed by atoms with Crippen molar-refractivity contribution >= 4 is 17.9 Å². The van der Waals surface area contributed by atoms with Crippen molar-refractivity contribution in [1.82, 2.24) is 0 Å². The largest absolute Gasteiger partial charge is 0.462 e. The molecule has 0 saturated carbocycles. The van der Waals surface area contributed by atoms with Gasteiger partial charge in [0.15, 0.2) is 6.10 Å². The van der Waals surface area contributed by atoms with Gasteiger partial charge in [0.25, 0.3) is 0 Å². The average Bonchev–Trinajstić information content (AvgIpc) is 3.47. The van der Waals surface area contributed by atoms with Crippen molar-refractivity contribution in [2.75, 3.05) is 13.2 Å². The lowest BCUT2D eigenvalue weighted by molar-refractivity contribution is -0.167. The van der Waals surface area contributed by atoms with Crippen molar-refractivity contribution in [3.05, 3.63) is 109 Å². The van der Waals surface area contributed by atoms with E-state index in [0.29, 0.717) is 19.3 Å². The molecule has 0 aliphatic rings. The Hall–Kier alpha value is -3.93. The molecule has 1 unspecified atom stereocenters. The number of allylic oxidation sites excluding steroid dienone is 18. The van der Waals surface area contributed by atoms with Gasteiger partial charge in [0.2, 0.25) is 0 Å². The van der Waals surface area contributed by atoms with Crippen LogP contribution in [0.5, 0.6) is 0 Å². The first-order chi connectivity index (χ1) is 40.0. The first-order valence-corrected chi connectivity index (χ1v) is 34.4. The van der Waals surface area contributed by atoms with Crippen LogP contribution < -0.4 is 0 Å². The van der Waals surface area contributed by atoms with E-state index in [1.165, 1.54) is 161 Å². The maximum absolute atomic E-state index is 13.0. The zero-order chi connectivity index (χ0) is 58.5. The minimum absolute atomic E-state index is 0.0864. The Morgan fingerprint density at radius 2 is 0.481 bits per heavy atom. The lowest BCUT2D eigenvalue weighted by atomic mass is 10.0. The standard InChI is InChI=1S/C75H128O6/c1-4-7-10-13-16-19-22-25-28-30-32-34-36-37-39-40-42-44-47-50-53-56-59-62-65-68-74(77)80-71-72(70-79-73(76)67-64-61-58-55-52-49-46-27-24-21-18-15-12-9-6-3)81-75(78)69-66-63-60-57-54-51-48-45-43-41-38-35-33-31-29-26-23-20-17-14-11-8-5-2/h7,10,16,18-19,21,23,25-28,31-34,37,39,46,72H,4-6,8-9,11-15,17,20,22,24,29-30,35-36,38,40-45,47-71H2,1-3H3/b10-7-,19-16-,21-18-,26-23-,28-25-,33-31-,34-32-,39-37-,46-27-. The second-order valence-electron chi connectivity index (χ2n) is 22.7. The minimum atomic E-state index is -0.791. The first-order valence-electron chi connectivity index (χ1n) is 34.4. The molecule has 0 amide bonds. The average molecular weight is 1130 g/mol. The van der Waals surface area contributed by atoms with E-state index in [4.69, 9.17) is 14.2 Å². The van der Waals surface area contributed by atoms with E-state index in [1.54, 1.807) is 0 Å². The number of esters is 3. The van der Waals surface area contributed by atoms with Gasteiger partial charge in [-0.1, -0.05) is 291 Å². The fourth-order valence-electron chi connectivity index (χ4n) is 9.59.